The number of rotatable bonds is 2. The molecule has 3 nitrogen and oxygen atoms in total. The number of nitrogens with zero attached hydrogens (tertiary/aromatic N) is 1. The van der Waals surface area contributed by atoms with Crippen molar-refractivity contribution in [3.05, 3.63) is 0 Å². The van der Waals surface area contributed by atoms with Gasteiger partial charge < -0.3 is 15.0 Å². The fraction of sp³-hybridized carbons (Fsp3) is 1.00. The average molecular weight is 238 g/mol. The molecule has 17 heavy (non-hydrogen) atoms. The normalized spacial score (nSPS) is 34.2. The maximum Gasteiger partial charge on any atom is 0.0480 e. The van der Waals surface area contributed by atoms with Crippen molar-refractivity contribution in [1.29, 1.82) is 0 Å². The van der Waals surface area contributed by atoms with E-state index in [4.69, 9.17) is 4.74 Å². The van der Waals surface area contributed by atoms with Gasteiger partial charge in [0.2, 0.25) is 0 Å². The minimum Gasteiger partial charge on any atom is -0.381 e. The molecule has 0 bridgehead atoms. The minimum atomic E-state index is 0.825. The van der Waals surface area contributed by atoms with Crippen LogP contribution in [0, 0.1) is 11.8 Å². The Bertz CT molecular complexity index is 226. The standard InChI is InChI=1S/C14H26N2O/c1-6-15-11-13(1)12-2-7-16(8-3-12)14-4-9-17-10-5-14/h12-15H,1-11H2. The smallest absolute Gasteiger partial charge is 0.0480 e. The Hall–Kier alpha value is -0.120. The van der Waals surface area contributed by atoms with Crippen LogP contribution in [0.3, 0.4) is 0 Å². The zero-order valence-electron chi connectivity index (χ0n) is 10.9. The highest BCUT2D eigenvalue weighted by molar-refractivity contribution is 4.85. The van der Waals surface area contributed by atoms with E-state index >= 15 is 0 Å². The lowest BCUT2D eigenvalue weighted by atomic mass is 9.83. The molecule has 1 N–H and O–H groups in total. The molecule has 3 heteroatoms. The topological polar surface area (TPSA) is 24.5 Å². The quantitative estimate of drug-likeness (QED) is 0.789. The number of nitrogens with one attached hydrogen (secondary N) is 1. The number of piperidine rings is 1. The molecule has 3 fully saturated rings. The molecule has 3 rings (SSSR count). The maximum absolute atomic E-state index is 5.46. The number of hydrogen-bond donors (Lipinski definition) is 1. The summed E-state index contributed by atoms with van der Waals surface area (Å²) in [7, 11) is 0. The second-order valence-electron chi connectivity index (χ2n) is 5.97. The molecular formula is C14H26N2O. The first kappa shape index (κ1) is 11.9. The van der Waals surface area contributed by atoms with Gasteiger partial charge >= 0.3 is 0 Å². The third-order valence-electron chi connectivity index (χ3n) is 5.05. The van der Waals surface area contributed by atoms with Gasteiger partial charge in [-0.05, 0) is 70.1 Å². The van der Waals surface area contributed by atoms with Gasteiger partial charge in [-0.2, -0.15) is 0 Å². The van der Waals surface area contributed by atoms with Crippen LogP contribution in [0.5, 0.6) is 0 Å². The molecule has 0 aromatic heterocycles. The lowest BCUT2D eigenvalue weighted by molar-refractivity contribution is 0.0171. The molecule has 0 aromatic carbocycles. The van der Waals surface area contributed by atoms with Gasteiger partial charge in [0.15, 0.2) is 0 Å². The van der Waals surface area contributed by atoms with Crippen molar-refractivity contribution in [1.82, 2.24) is 10.2 Å². The predicted molar refractivity (Wildman–Crippen MR) is 69.1 cm³/mol. The summed E-state index contributed by atoms with van der Waals surface area (Å²) in [5.41, 5.74) is 0. The van der Waals surface area contributed by atoms with Crippen LogP contribution in [-0.4, -0.2) is 50.3 Å². The van der Waals surface area contributed by atoms with Crippen molar-refractivity contribution >= 4 is 0 Å². The molecule has 0 aromatic rings. The average Bonchev–Trinajstić information content (AvgIpc) is 2.94. The van der Waals surface area contributed by atoms with Crippen LogP contribution in [0.2, 0.25) is 0 Å². The van der Waals surface area contributed by atoms with Crippen molar-refractivity contribution in [2.24, 2.45) is 11.8 Å². The summed E-state index contributed by atoms with van der Waals surface area (Å²) >= 11 is 0. The molecule has 3 aliphatic rings. The molecule has 0 radical (unpaired) electrons. The monoisotopic (exact) mass is 238 g/mol. The molecule has 0 aliphatic carbocycles. The van der Waals surface area contributed by atoms with E-state index in [0.717, 1.165) is 31.1 Å². The summed E-state index contributed by atoms with van der Waals surface area (Å²) in [5.74, 6) is 1.98. The van der Waals surface area contributed by atoms with Crippen LogP contribution in [-0.2, 0) is 4.74 Å². The van der Waals surface area contributed by atoms with Crippen LogP contribution in [0.1, 0.15) is 32.1 Å². The Balaban J connectivity index is 1.46. The van der Waals surface area contributed by atoms with Gasteiger partial charge in [-0.25, -0.2) is 0 Å². The van der Waals surface area contributed by atoms with Gasteiger partial charge in [0.1, 0.15) is 0 Å². The number of hydrogen-bond acceptors (Lipinski definition) is 3. The molecule has 1 unspecified atom stereocenters. The first-order chi connectivity index (χ1) is 8.43. The van der Waals surface area contributed by atoms with Gasteiger partial charge in [-0.3, -0.25) is 0 Å². The van der Waals surface area contributed by atoms with E-state index in [9.17, 15) is 0 Å². The fourth-order valence-corrected chi connectivity index (χ4v) is 3.89. The van der Waals surface area contributed by atoms with Crippen molar-refractivity contribution in [2.45, 2.75) is 38.1 Å². The van der Waals surface area contributed by atoms with E-state index in [0.29, 0.717) is 0 Å². The van der Waals surface area contributed by atoms with Crippen LogP contribution >= 0.6 is 0 Å². The van der Waals surface area contributed by atoms with Crippen molar-refractivity contribution < 1.29 is 4.74 Å². The highest BCUT2D eigenvalue weighted by atomic mass is 16.5. The van der Waals surface area contributed by atoms with Crippen LogP contribution in [0.15, 0.2) is 0 Å². The Morgan fingerprint density at radius 3 is 2.29 bits per heavy atom. The summed E-state index contributed by atoms with van der Waals surface area (Å²) in [5, 5.41) is 3.51. The van der Waals surface area contributed by atoms with Crippen molar-refractivity contribution in [3.8, 4) is 0 Å². The molecule has 3 aliphatic heterocycles. The summed E-state index contributed by atoms with van der Waals surface area (Å²) < 4.78 is 5.46. The van der Waals surface area contributed by atoms with E-state index in [-0.39, 0.29) is 0 Å². The van der Waals surface area contributed by atoms with E-state index in [2.05, 4.69) is 10.2 Å². The van der Waals surface area contributed by atoms with Gasteiger partial charge in [0, 0.05) is 19.3 Å². The first-order valence-corrected chi connectivity index (χ1v) is 7.46. The lowest BCUT2D eigenvalue weighted by Crippen LogP contribution is -2.45. The largest absolute Gasteiger partial charge is 0.381 e. The van der Waals surface area contributed by atoms with E-state index in [1.807, 2.05) is 0 Å². The second-order valence-corrected chi connectivity index (χ2v) is 5.97. The molecule has 0 amide bonds. The highest BCUT2D eigenvalue weighted by Crippen LogP contribution is 2.30. The van der Waals surface area contributed by atoms with Gasteiger partial charge in [0.05, 0.1) is 0 Å². The third kappa shape index (κ3) is 2.83. The summed E-state index contributed by atoms with van der Waals surface area (Å²) in [4.78, 5) is 2.74. The maximum atomic E-state index is 5.46. The van der Waals surface area contributed by atoms with Crippen LogP contribution in [0.4, 0.5) is 0 Å². The molecule has 3 saturated heterocycles. The molecule has 0 saturated carbocycles. The Morgan fingerprint density at radius 1 is 0.882 bits per heavy atom. The fourth-order valence-electron chi connectivity index (χ4n) is 3.89. The highest BCUT2D eigenvalue weighted by Gasteiger charge is 2.31. The Morgan fingerprint density at radius 2 is 1.65 bits per heavy atom. The van der Waals surface area contributed by atoms with Crippen molar-refractivity contribution in [2.75, 3.05) is 39.4 Å². The SMILES string of the molecule is C1CC(C2CCN(C3CCOCC3)CC2)CN1. The van der Waals surface area contributed by atoms with E-state index in [1.54, 1.807) is 0 Å². The van der Waals surface area contributed by atoms with E-state index < -0.39 is 0 Å². The summed E-state index contributed by atoms with van der Waals surface area (Å²) in [6, 6.07) is 0.825. The summed E-state index contributed by atoms with van der Waals surface area (Å²) in [6.45, 7) is 7.18. The van der Waals surface area contributed by atoms with Gasteiger partial charge in [0.25, 0.3) is 0 Å². The molecule has 1 atom stereocenters. The molecule has 98 valence electrons. The van der Waals surface area contributed by atoms with Gasteiger partial charge in [-0.15, -0.1) is 0 Å². The molecular weight excluding hydrogens is 212 g/mol. The summed E-state index contributed by atoms with van der Waals surface area (Å²) in [6.07, 6.45) is 6.81. The molecule has 3 heterocycles. The lowest BCUT2D eigenvalue weighted by Gasteiger charge is -2.40. The molecule has 0 spiro atoms. The van der Waals surface area contributed by atoms with Gasteiger partial charge in [-0.1, -0.05) is 0 Å². The predicted octanol–water partition coefficient (Wildman–Crippen LogP) is 1.49. The number of likely N-dealkylation sites (tertiary alicyclic amines) is 1. The van der Waals surface area contributed by atoms with Crippen molar-refractivity contribution in [3.63, 3.8) is 0 Å². The Labute approximate surface area is 105 Å². The van der Waals surface area contributed by atoms with Crippen LogP contribution < -0.4 is 5.32 Å². The second kappa shape index (κ2) is 5.68. The Kier molecular flexibility index (Phi) is 3.99. The number of ether oxygens (including phenoxy) is 1. The first-order valence-electron chi connectivity index (χ1n) is 7.46. The third-order valence-corrected chi connectivity index (χ3v) is 5.05. The zero-order chi connectivity index (χ0) is 11.5. The van der Waals surface area contributed by atoms with Crippen LogP contribution in [0.25, 0.3) is 0 Å². The zero-order valence-corrected chi connectivity index (χ0v) is 10.9. The van der Waals surface area contributed by atoms with E-state index in [1.165, 1.54) is 58.3 Å². The minimum absolute atomic E-state index is 0.825.